The number of nitrogens with one attached hydrogen (secondary N) is 1. The SMILES string of the molecule is CC1CCC(=CC(=O)N(c2cc(C#CC(C)(C)C)sc2C(=O)O)C(C)CCOC2=NNC(=O)CC2)CC1. The van der Waals surface area contributed by atoms with E-state index >= 15 is 0 Å². The molecular formula is C28H37N3O5S. The summed E-state index contributed by atoms with van der Waals surface area (Å²) in [5.41, 5.74) is 3.63. The zero-order chi connectivity index (χ0) is 27.2. The summed E-state index contributed by atoms with van der Waals surface area (Å²) in [5, 5.41) is 13.9. The molecule has 0 spiro atoms. The zero-order valence-corrected chi connectivity index (χ0v) is 23.2. The molecule has 3 rings (SSSR count). The van der Waals surface area contributed by atoms with E-state index in [0.717, 1.165) is 42.6 Å². The minimum absolute atomic E-state index is 0.0920. The first kappa shape index (κ1) is 28.5. The van der Waals surface area contributed by atoms with Crippen molar-refractivity contribution in [3.63, 3.8) is 0 Å². The van der Waals surface area contributed by atoms with Gasteiger partial charge in [0.2, 0.25) is 11.8 Å². The third-order valence-corrected chi connectivity index (χ3v) is 7.35. The Hall–Kier alpha value is -3.12. The van der Waals surface area contributed by atoms with E-state index in [-0.39, 0.29) is 34.8 Å². The molecule has 1 aromatic heterocycles. The molecule has 1 atom stereocenters. The van der Waals surface area contributed by atoms with Crippen LogP contribution in [0.15, 0.2) is 22.8 Å². The molecule has 8 nitrogen and oxygen atoms in total. The van der Waals surface area contributed by atoms with Crippen LogP contribution in [0.2, 0.25) is 0 Å². The summed E-state index contributed by atoms with van der Waals surface area (Å²) in [6.45, 7) is 10.4. The number of hydrogen-bond acceptors (Lipinski definition) is 6. The van der Waals surface area contributed by atoms with Gasteiger partial charge in [0.25, 0.3) is 5.91 Å². The van der Waals surface area contributed by atoms with Gasteiger partial charge in [-0.1, -0.05) is 24.3 Å². The predicted octanol–water partition coefficient (Wildman–Crippen LogP) is 5.33. The van der Waals surface area contributed by atoms with Crippen molar-refractivity contribution in [1.29, 1.82) is 0 Å². The standard InChI is InChI=1S/C28H37N3O5S/c1-18-6-8-20(9-7-18)16-25(33)31(19(2)13-15-36-24-11-10-23(32)29-30-24)22-17-21(12-14-28(3,4)5)37-26(22)27(34)35/h16-19H,6-11,13,15H2,1-5H3,(H,29,32)(H,34,35). The number of hydrogen-bond donors (Lipinski definition) is 2. The number of nitrogens with zero attached hydrogens (tertiary/aromatic N) is 2. The molecule has 9 heteroatoms. The second-order valence-electron chi connectivity index (χ2n) is 10.9. The molecule has 1 aliphatic carbocycles. The zero-order valence-electron chi connectivity index (χ0n) is 22.3. The van der Waals surface area contributed by atoms with Crippen molar-refractivity contribution >= 4 is 40.7 Å². The maximum atomic E-state index is 13.7. The molecule has 1 aliphatic heterocycles. The lowest BCUT2D eigenvalue weighted by Crippen LogP contribution is -2.39. The molecule has 1 aromatic rings. The lowest BCUT2D eigenvalue weighted by atomic mass is 9.87. The molecule has 200 valence electrons. The molecule has 1 unspecified atom stereocenters. The van der Waals surface area contributed by atoms with Crippen LogP contribution >= 0.6 is 11.3 Å². The summed E-state index contributed by atoms with van der Waals surface area (Å²) in [6.07, 6.45) is 6.74. The Morgan fingerprint density at radius 1 is 1.30 bits per heavy atom. The minimum atomic E-state index is -1.09. The summed E-state index contributed by atoms with van der Waals surface area (Å²) in [7, 11) is 0. The third kappa shape index (κ3) is 8.46. The molecule has 2 heterocycles. The van der Waals surface area contributed by atoms with Gasteiger partial charge in [0, 0.05) is 36.8 Å². The summed E-state index contributed by atoms with van der Waals surface area (Å²) in [6, 6.07) is 1.37. The lowest BCUT2D eigenvalue weighted by Gasteiger charge is -2.29. The molecule has 2 aliphatic rings. The molecule has 37 heavy (non-hydrogen) atoms. The highest BCUT2D eigenvalue weighted by atomic mass is 32.1. The maximum Gasteiger partial charge on any atom is 0.348 e. The summed E-state index contributed by atoms with van der Waals surface area (Å²) < 4.78 is 5.73. The van der Waals surface area contributed by atoms with E-state index in [1.165, 1.54) is 0 Å². The van der Waals surface area contributed by atoms with Crippen molar-refractivity contribution in [2.24, 2.45) is 16.4 Å². The average molecular weight is 528 g/mol. The normalized spacial score (nSPS) is 18.6. The van der Waals surface area contributed by atoms with Gasteiger partial charge in [-0.05, 0) is 65.4 Å². The van der Waals surface area contributed by atoms with E-state index < -0.39 is 5.97 Å². The Morgan fingerprint density at radius 2 is 2.00 bits per heavy atom. The largest absolute Gasteiger partial charge is 0.480 e. The van der Waals surface area contributed by atoms with Crippen LogP contribution in [-0.4, -0.2) is 41.4 Å². The summed E-state index contributed by atoms with van der Waals surface area (Å²) >= 11 is 1.09. The number of amides is 2. The average Bonchev–Trinajstić information content (AvgIpc) is 3.24. The summed E-state index contributed by atoms with van der Waals surface area (Å²) in [4.78, 5) is 39.4. The number of aromatic carboxylic acids is 1. The van der Waals surface area contributed by atoms with Crippen LogP contribution in [0.1, 0.15) is 94.1 Å². The molecule has 1 saturated carbocycles. The third-order valence-electron chi connectivity index (χ3n) is 6.32. The van der Waals surface area contributed by atoms with Crippen LogP contribution in [-0.2, 0) is 14.3 Å². The van der Waals surface area contributed by atoms with Crippen LogP contribution in [0.5, 0.6) is 0 Å². The maximum absolute atomic E-state index is 13.7. The highest BCUT2D eigenvalue weighted by molar-refractivity contribution is 7.15. The minimum Gasteiger partial charge on any atom is -0.480 e. The molecule has 2 N–H and O–H groups in total. The van der Waals surface area contributed by atoms with E-state index in [0.29, 0.717) is 41.6 Å². The first-order valence-corrected chi connectivity index (χ1v) is 13.7. The Balaban J connectivity index is 1.88. The van der Waals surface area contributed by atoms with Crippen LogP contribution in [0.25, 0.3) is 0 Å². The second-order valence-corrected chi connectivity index (χ2v) is 11.9. The highest BCUT2D eigenvalue weighted by Gasteiger charge is 2.29. The molecule has 0 bridgehead atoms. The van der Waals surface area contributed by atoms with Crippen LogP contribution in [0, 0.1) is 23.2 Å². The van der Waals surface area contributed by atoms with Gasteiger partial charge in [0.1, 0.15) is 4.88 Å². The van der Waals surface area contributed by atoms with Crippen molar-refractivity contribution in [3.05, 3.63) is 27.5 Å². The number of carboxylic acid groups (broad SMARTS) is 1. The quantitative estimate of drug-likeness (QED) is 0.368. The van der Waals surface area contributed by atoms with E-state index in [4.69, 9.17) is 4.74 Å². The Bertz CT molecular complexity index is 1140. The van der Waals surface area contributed by atoms with Gasteiger partial charge >= 0.3 is 5.97 Å². The van der Waals surface area contributed by atoms with Crippen LogP contribution < -0.4 is 10.3 Å². The monoisotopic (exact) mass is 527 g/mol. The number of allylic oxidation sites excluding steroid dienone is 1. The highest BCUT2D eigenvalue weighted by Crippen LogP contribution is 2.34. The first-order valence-electron chi connectivity index (χ1n) is 12.8. The van der Waals surface area contributed by atoms with E-state index in [9.17, 15) is 19.5 Å². The fourth-order valence-electron chi connectivity index (χ4n) is 4.16. The van der Waals surface area contributed by atoms with Gasteiger partial charge in [0.05, 0.1) is 17.2 Å². The molecule has 0 aromatic carbocycles. The van der Waals surface area contributed by atoms with Gasteiger partial charge in [-0.25, -0.2) is 10.2 Å². The van der Waals surface area contributed by atoms with Gasteiger partial charge in [0.15, 0.2) is 0 Å². The lowest BCUT2D eigenvalue weighted by molar-refractivity contribution is -0.121. The van der Waals surface area contributed by atoms with Gasteiger partial charge < -0.3 is 14.7 Å². The van der Waals surface area contributed by atoms with Gasteiger partial charge in [-0.15, -0.1) is 16.4 Å². The van der Waals surface area contributed by atoms with Crippen molar-refractivity contribution in [1.82, 2.24) is 5.43 Å². The summed E-state index contributed by atoms with van der Waals surface area (Å²) in [5.74, 6) is 5.87. The topological polar surface area (TPSA) is 108 Å². The Morgan fingerprint density at radius 3 is 2.59 bits per heavy atom. The van der Waals surface area contributed by atoms with E-state index in [1.807, 2.05) is 27.7 Å². The second kappa shape index (κ2) is 12.4. The van der Waals surface area contributed by atoms with Gasteiger partial charge in [-0.3, -0.25) is 9.59 Å². The first-order chi connectivity index (χ1) is 17.4. The predicted molar refractivity (Wildman–Crippen MR) is 146 cm³/mol. The molecule has 1 fully saturated rings. The number of ether oxygens (including phenoxy) is 1. The van der Waals surface area contributed by atoms with Crippen molar-refractivity contribution in [2.45, 2.75) is 85.6 Å². The number of carbonyl (C=O) groups is 3. The number of carbonyl (C=O) groups excluding carboxylic acids is 2. The van der Waals surface area contributed by atoms with Crippen molar-refractivity contribution in [2.75, 3.05) is 11.5 Å². The molecule has 0 radical (unpaired) electrons. The van der Waals surface area contributed by atoms with Gasteiger partial charge in [-0.2, -0.15) is 0 Å². The van der Waals surface area contributed by atoms with Crippen LogP contribution in [0.4, 0.5) is 5.69 Å². The fourth-order valence-corrected chi connectivity index (χ4v) is 5.00. The van der Waals surface area contributed by atoms with Crippen molar-refractivity contribution in [3.8, 4) is 11.8 Å². The Labute approximate surface area is 223 Å². The molecular weight excluding hydrogens is 490 g/mol. The fraction of sp³-hybridized carbons (Fsp3) is 0.571. The van der Waals surface area contributed by atoms with E-state index in [1.54, 1.807) is 17.0 Å². The van der Waals surface area contributed by atoms with E-state index in [2.05, 4.69) is 29.3 Å². The number of anilines is 1. The smallest absolute Gasteiger partial charge is 0.348 e. The molecule has 0 saturated heterocycles. The number of hydrazone groups is 1. The number of rotatable bonds is 7. The molecule has 2 amide bonds. The number of thiophene rings is 1. The van der Waals surface area contributed by atoms with Crippen molar-refractivity contribution < 1.29 is 24.2 Å². The number of carboxylic acids is 1. The Kier molecular flexibility index (Phi) is 9.55. The van der Waals surface area contributed by atoms with Crippen LogP contribution in [0.3, 0.4) is 0 Å².